The molecule has 2 saturated heterocycles. The monoisotopic (exact) mass is 282 g/mol. The molecule has 5 nitrogen and oxygen atoms in total. The van der Waals surface area contributed by atoms with Crippen LogP contribution >= 0.6 is 0 Å². The Hall–Kier alpha value is -0.940. The SMILES string of the molecule is CC(C)N[C@H]1CCOC2CC[C@@H](C(=O)C(C)C)N2C1=O. The van der Waals surface area contributed by atoms with Gasteiger partial charge in [0.25, 0.3) is 0 Å². The van der Waals surface area contributed by atoms with Crippen LogP contribution in [0.5, 0.6) is 0 Å². The van der Waals surface area contributed by atoms with Gasteiger partial charge in [-0.15, -0.1) is 0 Å². The molecule has 0 aromatic carbocycles. The Balaban J connectivity index is 2.18. The summed E-state index contributed by atoms with van der Waals surface area (Å²) in [5, 5.41) is 3.29. The number of rotatable bonds is 4. The lowest BCUT2D eigenvalue weighted by Gasteiger charge is -2.31. The molecule has 5 heteroatoms. The minimum Gasteiger partial charge on any atom is -0.358 e. The third-order valence-electron chi connectivity index (χ3n) is 4.03. The molecule has 2 fully saturated rings. The van der Waals surface area contributed by atoms with E-state index in [0.29, 0.717) is 13.0 Å². The van der Waals surface area contributed by atoms with Gasteiger partial charge in [-0.05, 0) is 19.3 Å². The van der Waals surface area contributed by atoms with Crippen molar-refractivity contribution in [2.24, 2.45) is 5.92 Å². The maximum Gasteiger partial charge on any atom is 0.242 e. The first-order valence-corrected chi connectivity index (χ1v) is 7.65. The van der Waals surface area contributed by atoms with E-state index in [1.165, 1.54) is 0 Å². The zero-order valence-electron chi connectivity index (χ0n) is 12.9. The van der Waals surface area contributed by atoms with Crippen LogP contribution in [-0.2, 0) is 14.3 Å². The van der Waals surface area contributed by atoms with E-state index in [-0.39, 0.29) is 42.0 Å². The summed E-state index contributed by atoms with van der Waals surface area (Å²) in [4.78, 5) is 26.8. The molecule has 20 heavy (non-hydrogen) atoms. The van der Waals surface area contributed by atoms with Crippen LogP contribution in [0.25, 0.3) is 0 Å². The number of amides is 1. The second-order valence-corrected chi connectivity index (χ2v) is 6.38. The molecular formula is C15H26N2O3. The number of ketones is 1. The van der Waals surface area contributed by atoms with Gasteiger partial charge in [-0.1, -0.05) is 27.7 Å². The highest BCUT2D eigenvalue weighted by Gasteiger charge is 2.45. The number of hydrogen-bond acceptors (Lipinski definition) is 4. The van der Waals surface area contributed by atoms with Crippen molar-refractivity contribution in [2.75, 3.05) is 6.61 Å². The van der Waals surface area contributed by atoms with Gasteiger partial charge in [-0.2, -0.15) is 0 Å². The van der Waals surface area contributed by atoms with Crippen molar-refractivity contribution in [1.82, 2.24) is 10.2 Å². The van der Waals surface area contributed by atoms with E-state index in [1.807, 2.05) is 27.7 Å². The molecule has 1 N–H and O–H groups in total. The topological polar surface area (TPSA) is 58.6 Å². The quantitative estimate of drug-likeness (QED) is 0.845. The molecule has 114 valence electrons. The summed E-state index contributed by atoms with van der Waals surface area (Å²) in [6.45, 7) is 8.40. The van der Waals surface area contributed by atoms with E-state index in [1.54, 1.807) is 4.90 Å². The largest absolute Gasteiger partial charge is 0.358 e. The second kappa shape index (κ2) is 6.22. The molecule has 2 aliphatic heterocycles. The van der Waals surface area contributed by atoms with E-state index < -0.39 is 0 Å². The molecule has 0 radical (unpaired) electrons. The maximum absolute atomic E-state index is 12.7. The third-order valence-corrected chi connectivity index (χ3v) is 4.03. The average Bonchev–Trinajstić information content (AvgIpc) is 2.72. The molecule has 0 bridgehead atoms. The molecule has 0 aromatic heterocycles. The van der Waals surface area contributed by atoms with E-state index in [2.05, 4.69) is 5.32 Å². The second-order valence-electron chi connectivity index (χ2n) is 6.38. The highest BCUT2D eigenvalue weighted by atomic mass is 16.5. The Kier molecular flexibility index (Phi) is 4.81. The van der Waals surface area contributed by atoms with Crippen LogP contribution in [0.3, 0.4) is 0 Å². The average molecular weight is 282 g/mol. The van der Waals surface area contributed by atoms with E-state index in [4.69, 9.17) is 4.74 Å². The number of carbonyl (C=O) groups excluding carboxylic acids is 2. The van der Waals surface area contributed by atoms with Crippen molar-refractivity contribution < 1.29 is 14.3 Å². The predicted molar refractivity (Wildman–Crippen MR) is 76.1 cm³/mol. The Morgan fingerprint density at radius 2 is 1.95 bits per heavy atom. The van der Waals surface area contributed by atoms with Crippen molar-refractivity contribution >= 4 is 11.7 Å². The van der Waals surface area contributed by atoms with E-state index >= 15 is 0 Å². The molecule has 0 aliphatic carbocycles. The lowest BCUT2D eigenvalue weighted by molar-refractivity contribution is -0.148. The number of Topliss-reactive ketones (excluding diaryl/α,β-unsaturated/α-hetero) is 1. The standard InChI is InChI=1S/C15H26N2O3/c1-9(2)14(18)12-5-6-13-17(12)15(19)11(7-8-20-13)16-10(3)4/h9-13,16H,5-8H2,1-4H3/t11-,12-,13?/m0/s1. The molecular weight excluding hydrogens is 256 g/mol. The van der Waals surface area contributed by atoms with Gasteiger partial charge >= 0.3 is 0 Å². The Morgan fingerprint density at radius 1 is 1.25 bits per heavy atom. The number of carbonyl (C=O) groups is 2. The first-order chi connectivity index (χ1) is 9.41. The molecule has 2 heterocycles. The van der Waals surface area contributed by atoms with Crippen molar-refractivity contribution in [2.45, 2.75) is 71.3 Å². The Morgan fingerprint density at radius 3 is 2.55 bits per heavy atom. The number of nitrogens with one attached hydrogen (secondary N) is 1. The van der Waals surface area contributed by atoms with E-state index in [0.717, 1.165) is 12.8 Å². The molecule has 0 saturated carbocycles. The minimum atomic E-state index is -0.304. The van der Waals surface area contributed by atoms with E-state index in [9.17, 15) is 9.59 Å². The van der Waals surface area contributed by atoms with Crippen LogP contribution in [-0.4, -0.2) is 47.6 Å². The first kappa shape index (κ1) is 15.4. The van der Waals surface area contributed by atoms with Gasteiger partial charge in [0, 0.05) is 12.0 Å². The summed E-state index contributed by atoms with van der Waals surface area (Å²) in [5.41, 5.74) is 0. The molecule has 3 atom stereocenters. The Bertz CT molecular complexity index is 381. The summed E-state index contributed by atoms with van der Waals surface area (Å²) in [6.07, 6.45) is 1.95. The van der Waals surface area contributed by atoms with Gasteiger partial charge in [0.05, 0.1) is 18.7 Å². The third kappa shape index (κ3) is 3.04. The fourth-order valence-electron chi connectivity index (χ4n) is 3.08. The van der Waals surface area contributed by atoms with Crippen molar-refractivity contribution in [3.05, 3.63) is 0 Å². The van der Waals surface area contributed by atoms with Crippen molar-refractivity contribution in [1.29, 1.82) is 0 Å². The van der Waals surface area contributed by atoms with Gasteiger partial charge < -0.3 is 15.0 Å². The van der Waals surface area contributed by atoms with Crippen LogP contribution in [0.15, 0.2) is 0 Å². The summed E-state index contributed by atoms with van der Waals surface area (Å²) in [7, 11) is 0. The lowest BCUT2D eigenvalue weighted by Crippen LogP contribution is -2.53. The molecule has 0 aromatic rings. The van der Waals surface area contributed by atoms with Crippen LogP contribution < -0.4 is 5.32 Å². The van der Waals surface area contributed by atoms with Crippen LogP contribution in [0.2, 0.25) is 0 Å². The fraction of sp³-hybridized carbons (Fsp3) is 0.867. The maximum atomic E-state index is 12.7. The highest BCUT2D eigenvalue weighted by molar-refractivity contribution is 5.92. The summed E-state index contributed by atoms with van der Waals surface area (Å²) >= 11 is 0. The number of fused-ring (bicyclic) bond motifs is 1. The smallest absolute Gasteiger partial charge is 0.242 e. The highest BCUT2D eigenvalue weighted by Crippen LogP contribution is 2.30. The van der Waals surface area contributed by atoms with Gasteiger partial charge in [0.2, 0.25) is 5.91 Å². The van der Waals surface area contributed by atoms with Crippen LogP contribution in [0.1, 0.15) is 47.0 Å². The zero-order valence-corrected chi connectivity index (χ0v) is 12.9. The molecule has 2 rings (SSSR count). The van der Waals surface area contributed by atoms with Gasteiger partial charge in [-0.3, -0.25) is 9.59 Å². The summed E-state index contributed by atoms with van der Waals surface area (Å²) in [5.74, 6) is 0.124. The zero-order chi connectivity index (χ0) is 14.9. The van der Waals surface area contributed by atoms with Gasteiger partial charge in [0.1, 0.15) is 6.23 Å². The minimum absolute atomic E-state index is 0.0256. The van der Waals surface area contributed by atoms with Gasteiger partial charge in [-0.25, -0.2) is 0 Å². The Labute approximate surface area is 121 Å². The molecule has 0 spiro atoms. The van der Waals surface area contributed by atoms with Crippen molar-refractivity contribution in [3.8, 4) is 0 Å². The number of ether oxygens (including phenoxy) is 1. The first-order valence-electron chi connectivity index (χ1n) is 7.65. The number of hydrogen-bond donors (Lipinski definition) is 1. The molecule has 2 aliphatic rings. The summed E-state index contributed by atoms with van der Waals surface area (Å²) < 4.78 is 5.78. The predicted octanol–water partition coefficient (Wildman–Crippen LogP) is 1.32. The summed E-state index contributed by atoms with van der Waals surface area (Å²) in [6, 6.07) is -0.301. The number of nitrogens with zero attached hydrogens (tertiary/aromatic N) is 1. The van der Waals surface area contributed by atoms with Crippen LogP contribution in [0, 0.1) is 5.92 Å². The van der Waals surface area contributed by atoms with Crippen molar-refractivity contribution in [3.63, 3.8) is 0 Å². The lowest BCUT2D eigenvalue weighted by atomic mass is 9.99. The van der Waals surface area contributed by atoms with Gasteiger partial charge in [0.15, 0.2) is 5.78 Å². The molecule has 1 amide bonds. The molecule has 1 unspecified atom stereocenters. The normalized spacial score (nSPS) is 30.8. The fourth-order valence-corrected chi connectivity index (χ4v) is 3.08. The van der Waals surface area contributed by atoms with Crippen LogP contribution in [0.4, 0.5) is 0 Å².